The third-order valence-electron chi connectivity index (χ3n) is 11.2. The first-order chi connectivity index (χ1) is 29.7. The van der Waals surface area contributed by atoms with E-state index >= 15 is 4.39 Å². The third kappa shape index (κ3) is 8.46. The Bertz CT molecular complexity index is 2560. The zero-order chi connectivity index (χ0) is 44.4. The molecule has 4 amide bonds. The second kappa shape index (κ2) is 17.7. The molecule has 2 aliphatic heterocycles. The summed E-state index contributed by atoms with van der Waals surface area (Å²) < 4.78 is 21.5. The molecule has 4 aromatic carbocycles. The minimum Gasteiger partial charge on any atom is -0.508 e. The van der Waals surface area contributed by atoms with Crippen molar-refractivity contribution in [3.63, 3.8) is 0 Å². The summed E-state index contributed by atoms with van der Waals surface area (Å²) in [4.78, 5) is 54.7. The highest BCUT2D eigenvalue weighted by atomic mass is 19.1. The average Bonchev–Trinajstić information content (AvgIpc) is 3.32. The lowest BCUT2D eigenvalue weighted by Crippen LogP contribution is -2.41. The number of aromatic hydroxyl groups is 2. The predicted octanol–water partition coefficient (Wildman–Crippen LogP) is 7.09. The van der Waals surface area contributed by atoms with Gasteiger partial charge < -0.3 is 46.0 Å². The summed E-state index contributed by atoms with van der Waals surface area (Å²) in [6.45, 7) is 7.03. The SMILES string of the molecule is CCOc1cc(N2CCC(C(=O)NCc3ccc(N(C(=N)c4cc(C(C)C)c(O)cc4O)C(N)=O)cc3F)CC2)ccc1Nc1ncc2c(n1)N(C)c1ccccc1C(=O)N2C. The van der Waals surface area contributed by atoms with Gasteiger partial charge in [-0.25, -0.2) is 19.1 Å². The highest BCUT2D eigenvalue weighted by molar-refractivity contribution is 6.22. The molecule has 2 aliphatic rings. The van der Waals surface area contributed by atoms with Gasteiger partial charge in [0.05, 0.1) is 41.0 Å². The number of amidine groups is 1. The molecule has 1 saturated heterocycles. The number of piperidine rings is 1. The van der Waals surface area contributed by atoms with Gasteiger partial charge in [0.1, 0.15) is 34.6 Å². The normalized spacial score (nSPS) is 13.9. The van der Waals surface area contributed by atoms with Crippen molar-refractivity contribution in [2.24, 2.45) is 11.7 Å². The van der Waals surface area contributed by atoms with Crippen LogP contribution < -0.4 is 40.7 Å². The van der Waals surface area contributed by atoms with Gasteiger partial charge in [0.15, 0.2) is 5.82 Å². The summed E-state index contributed by atoms with van der Waals surface area (Å²) in [5.74, 6) is -1.18. The average molecular weight is 845 g/mol. The highest BCUT2D eigenvalue weighted by Crippen LogP contribution is 2.40. The smallest absolute Gasteiger partial charge is 0.325 e. The van der Waals surface area contributed by atoms with Crippen molar-refractivity contribution < 1.29 is 33.7 Å². The van der Waals surface area contributed by atoms with E-state index in [4.69, 9.17) is 20.9 Å². The quantitative estimate of drug-likeness (QED) is 0.0583. The lowest BCUT2D eigenvalue weighted by atomic mass is 9.95. The number of carbonyl (C=O) groups excluding carboxylic acids is 3. The Morgan fingerprint density at radius 2 is 1.74 bits per heavy atom. The summed E-state index contributed by atoms with van der Waals surface area (Å²) in [5, 5.41) is 35.5. The Kier molecular flexibility index (Phi) is 12.2. The second-order valence-corrected chi connectivity index (χ2v) is 15.4. The van der Waals surface area contributed by atoms with Gasteiger partial charge >= 0.3 is 6.03 Å². The lowest BCUT2D eigenvalue weighted by Gasteiger charge is -2.33. The molecule has 0 radical (unpaired) electrons. The summed E-state index contributed by atoms with van der Waals surface area (Å²) in [6, 6.07) is 18.4. The van der Waals surface area contributed by atoms with Crippen molar-refractivity contribution in [3.05, 3.63) is 107 Å². The summed E-state index contributed by atoms with van der Waals surface area (Å²) >= 11 is 0. The van der Waals surface area contributed by atoms with E-state index in [9.17, 15) is 24.6 Å². The zero-order valence-corrected chi connectivity index (χ0v) is 35.1. The number of phenols is 2. The Labute approximate surface area is 358 Å². The summed E-state index contributed by atoms with van der Waals surface area (Å²) in [7, 11) is 3.56. The number of rotatable bonds is 11. The molecular formula is C45H49FN10O6. The summed E-state index contributed by atoms with van der Waals surface area (Å²) in [6.07, 6.45) is 2.74. The van der Waals surface area contributed by atoms with Crippen molar-refractivity contribution in [1.82, 2.24) is 15.3 Å². The Morgan fingerprint density at radius 1 is 1.00 bits per heavy atom. The van der Waals surface area contributed by atoms with Crippen LogP contribution in [0.3, 0.4) is 0 Å². The first-order valence-corrected chi connectivity index (χ1v) is 20.2. The van der Waals surface area contributed by atoms with Gasteiger partial charge in [0.25, 0.3) is 5.91 Å². The van der Waals surface area contributed by atoms with E-state index in [0.29, 0.717) is 72.6 Å². The van der Waals surface area contributed by atoms with E-state index in [-0.39, 0.29) is 52.8 Å². The molecule has 1 aromatic heterocycles. The van der Waals surface area contributed by atoms with E-state index in [1.807, 2.05) is 69.1 Å². The van der Waals surface area contributed by atoms with Crippen LogP contribution in [0.1, 0.15) is 66.6 Å². The monoisotopic (exact) mass is 844 g/mol. The number of benzene rings is 4. The number of ether oxygens (including phenoxy) is 1. The molecule has 0 saturated carbocycles. The molecule has 17 heteroatoms. The van der Waals surface area contributed by atoms with Gasteiger partial charge in [-0.3, -0.25) is 15.0 Å². The number of nitrogens with one attached hydrogen (secondary N) is 3. The second-order valence-electron chi connectivity index (χ2n) is 15.4. The van der Waals surface area contributed by atoms with Gasteiger partial charge in [0, 0.05) is 63.0 Å². The number of phenolic OH excluding ortho intramolecular Hbond substituents is 2. The van der Waals surface area contributed by atoms with Crippen LogP contribution in [0.4, 0.5) is 49.4 Å². The van der Waals surface area contributed by atoms with Crippen LogP contribution >= 0.6 is 0 Å². The number of primary amides is 1. The maximum atomic E-state index is 15.5. The van der Waals surface area contributed by atoms with Crippen molar-refractivity contribution >= 4 is 63.9 Å². The molecule has 16 nitrogen and oxygen atoms in total. The van der Waals surface area contributed by atoms with Crippen LogP contribution in [-0.2, 0) is 11.3 Å². The van der Waals surface area contributed by atoms with E-state index in [2.05, 4.69) is 20.5 Å². The standard InChI is InChI=1S/C45H49FN10O6/c1-6-62-39-20-28(13-14-34(39)51-45-50-24-36-41(52-45)53(4)35-10-8-7-9-30(35)43(60)54(36)5)55-17-15-26(16-18-55)42(59)49-23-27-11-12-29(19-33(27)46)56(44(48)61)40(47)32-21-31(25(2)3)37(57)22-38(32)58/h7-14,19-22,24-26,47,57-58H,6,15-18,23H2,1-5H3,(H2,48,61)(H,49,59)(H,50,51,52). The maximum Gasteiger partial charge on any atom is 0.325 e. The Hall–Kier alpha value is -7.43. The molecule has 62 heavy (non-hydrogen) atoms. The number of aromatic nitrogens is 2. The fourth-order valence-corrected chi connectivity index (χ4v) is 7.75. The molecule has 1 fully saturated rings. The molecule has 5 aromatic rings. The molecule has 3 heterocycles. The first kappa shape index (κ1) is 42.7. The molecule has 7 N–H and O–H groups in total. The van der Waals surface area contributed by atoms with Crippen LogP contribution in [0.25, 0.3) is 0 Å². The fourth-order valence-electron chi connectivity index (χ4n) is 7.75. The number of amides is 4. The number of fused-ring (bicyclic) bond motifs is 2. The van der Waals surface area contributed by atoms with Gasteiger partial charge in [-0.1, -0.05) is 32.0 Å². The van der Waals surface area contributed by atoms with Gasteiger partial charge in [0.2, 0.25) is 11.9 Å². The van der Waals surface area contributed by atoms with E-state index in [1.165, 1.54) is 18.2 Å². The number of halogens is 1. The Morgan fingerprint density at radius 3 is 2.44 bits per heavy atom. The molecule has 0 atom stereocenters. The van der Waals surface area contributed by atoms with Gasteiger partial charge in [-0.15, -0.1) is 0 Å². The minimum absolute atomic E-state index is 0.0502. The third-order valence-corrected chi connectivity index (χ3v) is 11.2. The van der Waals surface area contributed by atoms with E-state index in [1.54, 1.807) is 24.2 Å². The number of urea groups is 1. The molecule has 322 valence electrons. The lowest BCUT2D eigenvalue weighted by molar-refractivity contribution is -0.125. The highest BCUT2D eigenvalue weighted by Gasteiger charge is 2.30. The van der Waals surface area contributed by atoms with Gasteiger partial charge in [-0.05, 0) is 73.7 Å². The Balaban J connectivity index is 0.974. The molecule has 0 spiro atoms. The van der Waals surface area contributed by atoms with Crippen molar-refractivity contribution in [1.29, 1.82) is 5.41 Å². The van der Waals surface area contributed by atoms with Crippen molar-refractivity contribution in [2.75, 3.05) is 58.7 Å². The van der Waals surface area contributed by atoms with E-state index in [0.717, 1.165) is 28.4 Å². The first-order valence-electron chi connectivity index (χ1n) is 20.2. The molecule has 0 bridgehead atoms. The number of carbonyl (C=O) groups is 3. The molecule has 0 aliphatic carbocycles. The largest absolute Gasteiger partial charge is 0.508 e. The van der Waals surface area contributed by atoms with Crippen LogP contribution in [0.2, 0.25) is 0 Å². The maximum absolute atomic E-state index is 15.5. The number of para-hydroxylation sites is 1. The zero-order valence-electron chi connectivity index (χ0n) is 35.1. The van der Waals surface area contributed by atoms with Crippen LogP contribution in [0.5, 0.6) is 17.2 Å². The van der Waals surface area contributed by atoms with E-state index < -0.39 is 23.4 Å². The van der Waals surface area contributed by atoms with Crippen LogP contribution in [0, 0.1) is 17.1 Å². The molecule has 0 unspecified atom stereocenters. The number of hydrogen-bond donors (Lipinski definition) is 6. The van der Waals surface area contributed by atoms with Crippen LogP contribution in [-0.4, -0.2) is 77.7 Å². The fraction of sp³-hybridized carbons (Fsp3) is 0.289. The molecule has 7 rings (SSSR count). The van der Waals surface area contributed by atoms with Crippen molar-refractivity contribution in [3.8, 4) is 17.2 Å². The minimum atomic E-state index is -1.08. The van der Waals surface area contributed by atoms with Crippen molar-refractivity contribution in [2.45, 2.75) is 46.1 Å². The molecular weight excluding hydrogens is 796 g/mol. The number of hydrogen-bond acceptors (Lipinski definition) is 12. The number of nitrogens with two attached hydrogens (primary N) is 1. The number of nitrogens with zero attached hydrogens (tertiary/aromatic N) is 6. The van der Waals surface area contributed by atoms with Gasteiger partial charge in [-0.2, -0.15) is 4.98 Å². The topological polar surface area (TPSA) is 214 Å². The van der Waals surface area contributed by atoms with Crippen LogP contribution in [0.15, 0.2) is 79.0 Å². The summed E-state index contributed by atoms with van der Waals surface area (Å²) in [5.41, 5.74) is 9.54. The predicted molar refractivity (Wildman–Crippen MR) is 236 cm³/mol. The number of anilines is 7.